The normalized spacial score (nSPS) is 13.7. The van der Waals surface area contributed by atoms with Gasteiger partial charge in [-0.3, -0.25) is 4.68 Å². The van der Waals surface area contributed by atoms with Crippen LogP contribution in [0.5, 0.6) is 0 Å². The predicted molar refractivity (Wildman–Crippen MR) is 105 cm³/mol. The third-order valence-corrected chi connectivity index (χ3v) is 4.41. The minimum Gasteiger partial charge on any atom is -0.364 e. The molecule has 2 aromatic heterocycles. The number of hydrogen-bond donors (Lipinski definition) is 1. The van der Waals surface area contributed by atoms with Crippen molar-refractivity contribution < 1.29 is 4.79 Å². The molecule has 2 aromatic rings. The molecule has 0 saturated heterocycles. The van der Waals surface area contributed by atoms with E-state index >= 15 is 0 Å². The first-order valence-corrected chi connectivity index (χ1v) is 9.12. The van der Waals surface area contributed by atoms with Crippen molar-refractivity contribution in [2.75, 3.05) is 45.0 Å². The number of fused-ring (bicyclic) bond motifs is 1. The Labute approximate surface area is 160 Å². The molecular weight excluding hydrogens is 344 g/mol. The number of carbonyl (C=O) groups excluding carboxylic acids is 1. The standard InChI is InChI=1S/C18H28N8O/c1-13-9-16(21-17(20-13)23(2)3)19-11-14-10-15-12-25(18(27)24(4)5)7-6-8-26(15)22-14/h9-10H,6-8,11-12H2,1-5H3,(H,19,20,21). The van der Waals surface area contributed by atoms with E-state index in [4.69, 9.17) is 5.10 Å². The Hall–Kier alpha value is -2.84. The minimum atomic E-state index is 0.0389. The molecular formula is C18H28N8O. The van der Waals surface area contributed by atoms with Crippen molar-refractivity contribution in [1.82, 2.24) is 29.5 Å². The van der Waals surface area contributed by atoms with Crippen LogP contribution in [0.25, 0.3) is 0 Å². The van der Waals surface area contributed by atoms with Gasteiger partial charge in [0.2, 0.25) is 5.95 Å². The number of nitrogens with zero attached hydrogens (tertiary/aromatic N) is 7. The van der Waals surface area contributed by atoms with Gasteiger partial charge in [0.15, 0.2) is 0 Å². The molecule has 0 unspecified atom stereocenters. The average Bonchev–Trinajstić information content (AvgIpc) is 2.89. The van der Waals surface area contributed by atoms with Gasteiger partial charge < -0.3 is 20.0 Å². The van der Waals surface area contributed by atoms with E-state index in [-0.39, 0.29) is 6.03 Å². The molecule has 0 radical (unpaired) electrons. The van der Waals surface area contributed by atoms with Crippen LogP contribution in [0, 0.1) is 6.92 Å². The molecule has 0 aromatic carbocycles. The van der Waals surface area contributed by atoms with Gasteiger partial charge in [-0.2, -0.15) is 10.1 Å². The summed E-state index contributed by atoms with van der Waals surface area (Å²) < 4.78 is 2.01. The van der Waals surface area contributed by atoms with Crippen molar-refractivity contribution in [3.8, 4) is 0 Å². The second kappa shape index (κ2) is 7.81. The Kier molecular flexibility index (Phi) is 5.48. The quantitative estimate of drug-likeness (QED) is 0.877. The molecule has 27 heavy (non-hydrogen) atoms. The van der Waals surface area contributed by atoms with Gasteiger partial charge in [-0.05, 0) is 19.4 Å². The highest BCUT2D eigenvalue weighted by molar-refractivity contribution is 5.73. The molecule has 1 N–H and O–H groups in total. The van der Waals surface area contributed by atoms with E-state index in [1.807, 2.05) is 41.6 Å². The first-order chi connectivity index (χ1) is 12.8. The lowest BCUT2D eigenvalue weighted by Crippen LogP contribution is -2.38. The lowest BCUT2D eigenvalue weighted by molar-refractivity contribution is 0.169. The summed E-state index contributed by atoms with van der Waals surface area (Å²) in [4.78, 5) is 26.6. The van der Waals surface area contributed by atoms with E-state index in [2.05, 4.69) is 21.4 Å². The van der Waals surface area contributed by atoms with E-state index in [1.165, 1.54) is 0 Å². The zero-order chi connectivity index (χ0) is 19.6. The van der Waals surface area contributed by atoms with E-state index < -0.39 is 0 Å². The van der Waals surface area contributed by atoms with Crippen LogP contribution in [0.2, 0.25) is 0 Å². The van der Waals surface area contributed by atoms with Crippen molar-refractivity contribution in [3.63, 3.8) is 0 Å². The van der Waals surface area contributed by atoms with Gasteiger partial charge >= 0.3 is 6.03 Å². The Morgan fingerprint density at radius 2 is 1.96 bits per heavy atom. The number of urea groups is 1. The summed E-state index contributed by atoms with van der Waals surface area (Å²) in [6, 6.07) is 4.03. The van der Waals surface area contributed by atoms with Gasteiger partial charge in [-0.15, -0.1) is 0 Å². The maximum Gasteiger partial charge on any atom is 0.319 e. The second-order valence-electron chi connectivity index (χ2n) is 7.24. The summed E-state index contributed by atoms with van der Waals surface area (Å²) in [5.41, 5.74) is 2.91. The van der Waals surface area contributed by atoms with Gasteiger partial charge in [0.05, 0.1) is 24.5 Å². The highest BCUT2D eigenvalue weighted by atomic mass is 16.2. The fraction of sp³-hybridized carbons (Fsp3) is 0.556. The number of carbonyl (C=O) groups is 1. The number of hydrogen-bond acceptors (Lipinski definition) is 6. The van der Waals surface area contributed by atoms with Gasteiger partial charge in [-0.25, -0.2) is 9.78 Å². The first-order valence-electron chi connectivity index (χ1n) is 9.12. The van der Waals surface area contributed by atoms with Crippen molar-refractivity contribution in [2.24, 2.45) is 0 Å². The van der Waals surface area contributed by atoms with Gasteiger partial charge in [0.25, 0.3) is 0 Å². The number of anilines is 2. The first kappa shape index (κ1) is 18.9. The van der Waals surface area contributed by atoms with E-state index in [1.54, 1.807) is 19.0 Å². The van der Waals surface area contributed by atoms with Crippen molar-refractivity contribution in [2.45, 2.75) is 33.0 Å². The molecule has 2 amide bonds. The van der Waals surface area contributed by atoms with Crippen molar-refractivity contribution >= 4 is 17.8 Å². The number of rotatable bonds is 4. The Bertz CT molecular complexity index is 814. The number of nitrogens with one attached hydrogen (secondary N) is 1. The average molecular weight is 372 g/mol. The van der Waals surface area contributed by atoms with Crippen LogP contribution in [0.1, 0.15) is 23.5 Å². The summed E-state index contributed by atoms with van der Waals surface area (Å²) in [5, 5.41) is 8.02. The van der Waals surface area contributed by atoms with Crippen LogP contribution in [0.3, 0.4) is 0 Å². The van der Waals surface area contributed by atoms with E-state index in [0.717, 1.165) is 42.4 Å². The fourth-order valence-electron chi connectivity index (χ4n) is 3.08. The van der Waals surface area contributed by atoms with Crippen molar-refractivity contribution in [3.05, 3.63) is 29.2 Å². The van der Waals surface area contributed by atoms with Crippen LogP contribution in [-0.2, 0) is 19.6 Å². The third kappa shape index (κ3) is 4.47. The summed E-state index contributed by atoms with van der Waals surface area (Å²) in [5.74, 6) is 1.45. The van der Waals surface area contributed by atoms with E-state index in [9.17, 15) is 4.79 Å². The molecule has 0 saturated carbocycles. The molecule has 0 bridgehead atoms. The zero-order valence-corrected chi connectivity index (χ0v) is 16.7. The van der Waals surface area contributed by atoms with Crippen LogP contribution < -0.4 is 10.2 Å². The Morgan fingerprint density at radius 3 is 2.67 bits per heavy atom. The lowest BCUT2D eigenvalue weighted by atomic mass is 10.3. The SMILES string of the molecule is Cc1cc(NCc2cc3n(n2)CCCN(C(=O)N(C)C)C3)nc(N(C)C)n1. The Balaban J connectivity index is 1.70. The largest absolute Gasteiger partial charge is 0.364 e. The molecule has 3 rings (SSSR count). The summed E-state index contributed by atoms with van der Waals surface area (Å²) in [7, 11) is 7.41. The highest BCUT2D eigenvalue weighted by Crippen LogP contribution is 2.17. The monoisotopic (exact) mass is 372 g/mol. The van der Waals surface area contributed by atoms with Gasteiger partial charge in [0, 0.05) is 53.0 Å². The zero-order valence-electron chi connectivity index (χ0n) is 16.7. The maximum absolute atomic E-state index is 12.3. The van der Waals surface area contributed by atoms with Crippen molar-refractivity contribution in [1.29, 1.82) is 0 Å². The molecule has 1 aliphatic heterocycles. The molecule has 9 heteroatoms. The molecule has 3 heterocycles. The number of aromatic nitrogens is 4. The third-order valence-electron chi connectivity index (χ3n) is 4.41. The molecule has 9 nitrogen and oxygen atoms in total. The smallest absolute Gasteiger partial charge is 0.319 e. The molecule has 0 atom stereocenters. The minimum absolute atomic E-state index is 0.0389. The van der Waals surface area contributed by atoms with Gasteiger partial charge in [-0.1, -0.05) is 0 Å². The summed E-state index contributed by atoms with van der Waals surface area (Å²) >= 11 is 0. The van der Waals surface area contributed by atoms with Crippen LogP contribution >= 0.6 is 0 Å². The predicted octanol–water partition coefficient (Wildman–Crippen LogP) is 1.55. The summed E-state index contributed by atoms with van der Waals surface area (Å²) in [6.07, 6.45) is 0.901. The second-order valence-corrected chi connectivity index (χ2v) is 7.24. The molecule has 146 valence electrons. The molecule has 0 spiro atoms. The molecule has 0 fully saturated rings. The number of aryl methyl sites for hydroxylation is 2. The fourth-order valence-corrected chi connectivity index (χ4v) is 3.08. The molecule has 0 aliphatic carbocycles. The van der Waals surface area contributed by atoms with Gasteiger partial charge in [0.1, 0.15) is 5.82 Å². The van der Waals surface area contributed by atoms with Crippen LogP contribution in [0.15, 0.2) is 12.1 Å². The lowest BCUT2D eigenvalue weighted by Gasteiger charge is -2.23. The summed E-state index contributed by atoms with van der Waals surface area (Å²) in [6.45, 7) is 4.69. The van der Waals surface area contributed by atoms with Crippen LogP contribution in [-0.4, -0.2) is 70.3 Å². The topological polar surface area (TPSA) is 82.4 Å². The Morgan fingerprint density at radius 1 is 1.19 bits per heavy atom. The maximum atomic E-state index is 12.3. The number of amides is 2. The van der Waals surface area contributed by atoms with E-state index in [0.29, 0.717) is 19.0 Å². The van der Waals surface area contributed by atoms with Crippen LogP contribution in [0.4, 0.5) is 16.6 Å². The highest BCUT2D eigenvalue weighted by Gasteiger charge is 2.21. The molecule has 1 aliphatic rings.